The molecule has 0 bridgehead atoms. The maximum absolute atomic E-state index is 10.4. The van der Waals surface area contributed by atoms with Crippen molar-refractivity contribution in [2.24, 2.45) is 0 Å². The van der Waals surface area contributed by atoms with E-state index in [9.17, 15) is 20.4 Å². The summed E-state index contributed by atoms with van der Waals surface area (Å²) < 4.78 is 16.9. The summed E-state index contributed by atoms with van der Waals surface area (Å²) in [7, 11) is 0. The van der Waals surface area contributed by atoms with Crippen molar-refractivity contribution in [3.63, 3.8) is 0 Å². The predicted molar refractivity (Wildman–Crippen MR) is 118 cm³/mol. The zero-order valence-corrected chi connectivity index (χ0v) is 18.4. The lowest BCUT2D eigenvalue weighted by Gasteiger charge is -2.40. The molecule has 2 aliphatic rings. The Hall–Kier alpha value is -1.71. The molecule has 4 rings (SSSR count). The molecule has 2 fully saturated rings. The second-order valence-corrected chi connectivity index (χ2v) is 8.75. The van der Waals surface area contributed by atoms with E-state index in [2.05, 4.69) is 0 Å². The molecule has 2 aromatic rings. The van der Waals surface area contributed by atoms with Gasteiger partial charge in [0, 0.05) is 5.02 Å². The van der Waals surface area contributed by atoms with Gasteiger partial charge in [-0.25, -0.2) is 0 Å². The van der Waals surface area contributed by atoms with Gasteiger partial charge < -0.3 is 34.6 Å². The number of halogens is 1. The van der Waals surface area contributed by atoms with Gasteiger partial charge in [-0.1, -0.05) is 35.9 Å². The van der Waals surface area contributed by atoms with E-state index in [-0.39, 0.29) is 0 Å². The van der Waals surface area contributed by atoms with Gasteiger partial charge in [0.1, 0.15) is 42.9 Å². The highest BCUT2D eigenvalue weighted by atomic mass is 35.5. The second-order valence-electron chi connectivity index (χ2n) is 8.34. The fourth-order valence-corrected chi connectivity index (χ4v) is 4.00. The average molecular weight is 465 g/mol. The minimum absolute atomic E-state index is 0.421. The van der Waals surface area contributed by atoms with Gasteiger partial charge in [-0.3, -0.25) is 0 Å². The zero-order chi connectivity index (χ0) is 22.7. The van der Waals surface area contributed by atoms with Gasteiger partial charge in [0.25, 0.3) is 0 Å². The van der Waals surface area contributed by atoms with Crippen LogP contribution in [0.1, 0.15) is 35.6 Å². The molecule has 32 heavy (non-hydrogen) atoms. The highest BCUT2D eigenvalue weighted by Crippen LogP contribution is 2.34. The molecule has 0 spiro atoms. The van der Waals surface area contributed by atoms with E-state index < -0.39 is 37.1 Å². The molecule has 1 saturated carbocycles. The first-order chi connectivity index (χ1) is 15.5. The van der Waals surface area contributed by atoms with Crippen LogP contribution in [0.3, 0.4) is 0 Å². The molecule has 1 aliphatic carbocycles. The van der Waals surface area contributed by atoms with Crippen LogP contribution < -0.4 is 4.74 Å². The van der Waals surface area contributed by atoms with Gasteiger partial charge in [0.2, 0.25) is 0 Å². The van der Waals surface area contributed by atoms with Crippen LogP contribution in [0, 0.1) is 0 Å². The standard InChI is InChI=1S/C24H29ClO7/c25-19-8-3-15(24-23(29)22(28)21(27)20(13-26)32-24)12-16(19)11-14-1-4-17(5-2-14)30-9-10-31-18-6-7-18/h1-5,8,12,18,20-24,26-29H,6-7,9-11,13H2/t20?,21-,22+,23?,24+/m1/s1. The molecule has 8 heteroatoms. The molecule has 5 atom stereocenters. The molecular formula is C24H29ClO7. The summed E-state index contributed by atoms with van der Waals surface area (Å²) in [6.07, 6.45) is -2.73. The van der Waals surface area contributed by atoms with Crippen LogP contribution in [0.4, 0.5) is 0 Å². The minimum atomic E-state index is -1.42. The van der Waals surface area contributed by atoms with Gasteiger partial charge in [-0.2, -0.15) is 0 Å². The monoisotopic (exact) mass is 464 g/mol. The number of aliphatic hydroxyl groups is 4. The molecule has 1 aliphatic heterocycles. The number of aliphatic hydroxyl groups excluding tert-OH is 4. The van der Waals surface area contributed by atoms with Crippen LogP contribution in [0.15, 0.2) is 42.5 Å². The van der Waals surface area contributed by atoms with Gasteiger partial charge in [-0.05, 0) is 54.2 Å². The number of hydrogen-bond acceptors (Lipinski definition) is 7. The summed E-state index contributed by atoms with van der Waals surface area (Å²) in [6.45, 7) is 0.638. The van der Waals surface area contributed by atoms with Crippen molar-refractivity contribution < 1.29 is 34.6 Å². The first kappa shape index (κ1) is 23.4. The van der Waals surface area contributed by atoms with E-state index in [0.29, 0.717) is 36.3 Å². The largest absolute Gasteiger partial charge is 0.491 e. The van der Waals surface area contributed by atoms with Gasteiger partial charge in [0.15, 0.2) is 0 Å². The Balaban J connectivity index is 1.41. The number of rotatable bonds is 9. The van der Waals surface area contributed by atoms with Crippen LogP contribution in [0.2, 0.25) is 5.02 Å². The van der Waals surface area contributed by atoms with E-state index >= 15 is 0 Å². The average Bonchev–Trinajstić information content (AvgIpc) is 3.63. The normalized spacial score (nSPS) is 28.0. The number of benzene rings is 2. The Labute approximate surface area is 192 Å². The fourth-order valence-electron chi connectivity index (χ4n) is 3.82. The molecule has 1 saturated heterocycles. The van der Waals surface area contributed by atoms with Crippen molar-refractivity contribution in [3.05, 3.63) is 64.2 Å². The Kier molecular flexibility index (Phi) is 7.68. The SMILES string of the molecule is OCC1O[C@@H](c2ccc(Cl)c(Cc3ccc(OCCOC4CC4)cc3)c2)C(O)[C@@H](O)[C@@H]1O. The van der Waals surface area contributed by atoms with Crippen LogP contribution in [-0.4, -0.2) is 70.8 Å². The summed E-state index contributed by atoms with van der Waals surface area (Å²) in [5, 5.41) is 40.5. The minimum Gasteiger partial charge on any atom is -0.491 e. The van der Waals surface area contributed by atoms with Gasteiger partial charge in [-0.15, -0.1) is 0 Å². The van der Waals surface area contributed by atoms with E-state index in [1.165, 1.54) is 0 Å². The second kappa shape index (κ2) is 10.5. The first-order valence-electron chi connectivity index (χ1n) is 10.9. The fraction of sp³-hybridized carbons (Fsp3) is 0.500. The first-order valence-corrected chi connectivity index (χ1v) is 11.3. The molecule has 1 heterocycles. The molecule has 174 valence electrons. The highest BCUT2D eigenvalue weighted by molar-refractivity contribution is 6.31. The van der Waals surface area contributed by atoms with E-state index in [1.54, 1.807) is 12.1 Å². The molecule has 0 aromatic heterocycles. The van der Waals surface area contributed by atoms with Crippen LogP contribution >= 0.6 is 11.6 Å². The third-order valence-corrected chi connectivity index (χ3v) is 6.21. The summed E-state index contributed by atoms with van der Waals surface area (Å²) in [4.78, 5) is 0. The Morgan fingerprint density at radius 2 is 1.69 bits per heavy atom. The molecule has 2 aromatic carbocycles. The molecule has 0 amide bonds. The third kappa shape index (κ3) is 5.61. The highest BCUT2D eigenvalue weighted by Gasteiger charge is 2.44. The van der Waals surface area contributed by atoms with Crippen LogP contribution in [0.5, 0.6) is 5.75 Å². The zero-order valence-electron chi connectivity index (χ0n) is 17.6. The van der Waals surface area contributed by atoms with Crippen molar-refractivity contribution in [1.82, 2.24) is 0 Å². The topological polar surface area (TPSA) is 109 Å². The van der Waals surface area contributed by atoms with E-state index in [0.717, 1.165) is 29.7 Å². The Morgan fingerprint density at radius 1 is 0.938 bits per heavy atom. The van der Waals surface area contributed by atoms with Crippen molar-refractivity contribution in [2.75, 3.05) is 19.8 Å². The van der Waals surface area contributed by atoms with Crippen LogP contribution in [0.25, 0.3) is 0 Å². The molecule has 2 unspecified atom stereocenters. The molecular weight excluding hydrogens is 436 g/mol. The third-order valence-electron chi connectivity index (χ3n) is 5.84. The maximum Gasteiger partial charge on any atom is 0.119 e. The molecule has 4 N–H and O–H groups in total. The predicted octanol–water partition coefficient (Wildman–Crippen LogP) is 2.00. The maximum atomic E-state index is 10.4. The lowest BCUT2D eigenvalue weighted by atomic mass is 9.90. The van der Waals surface area contributed by atoms with Crippen molar-refractivity contribution in [2.45, 2.75) is 55.9 Å². The van der Waals surface area contributed by atoms with E-state index in [4.69, 9.17) is 25.8 Å². The van der Waals surface area contributed by atoms with Crippen molar-refractivity contribution >= 4 is 11.6 Å². The van der Waals surface area contributed by atoms with Crippen LogP contribution in [-0.2, 0) is 15.9 Å². The van der Waals surface area contributed by atoms with E-state index in [1.807, 2.05) is 30.3 Å². The summed E-state index contributed by atoms with van der Waals surface area (Å²) in [5.74, 6) is 0.773. The molecule has 7 nitrogen and oxygen atoms in total. The summed E-state index contributed by atoms with van der Waals surface area (Å²) in [6, 6.07) is 13.0. The Bertz CT molecular complexity index is 884. The van der Waals surface area contributed by atoms with Gasteiger partial charge in [0.05, 0.1) is 19.3 Å². The molecule has 0 radical (unpaired) electrons. The summed E-state index contributed by atoms with van der Waals surface area (Å²) >= 11 is 6.40. The quantitative estimate of drug-likeness (QED) is 0.420. The van der Waals surface area contributed by atoms with Crippen molar-refractivity contribution in [1.29, 1.82) is 0 Å². The Morgan fingerprint density at radius 3 is 2.38 bits per heavy atom. The summed E-state index contributed by atoms with van der Waals surface area (Å²) in [5.41, 5.74) is 2.46. The van der Waals surface area contributed by atoms with Crippen molar-refractivity contribution in [3.8, 4) is 5.75 Å². The van der Waals surface area contributed by atoms with Gasteiger partial charge >= 0.3 is 0 Å². The number of ether oxygens (including phenoxy) is 3. The smallest absolute Gasteiger partial charge is 0.119 e. The lowest BCUT2D eigenvalue weighted by molar-refractivity contribution is -0.231. The number of hydrogen-bond donors (Lipinski definition) is 4. The lowest BCUT2D eigenvalue weighted by Crippen LogP contribution is -2.55.